The quantitative estimate of drug-likeness (QED) is 0.430. The van der Waals surface area contributed by atoms with Crippen molar-refractivity contribution in [2.24, 2.45) is 0 Å². The Labute approximate surface area is 154 Å². The van der Waals surface area contributed by atoms with E-state index in [0.717, 1.165) is 12.1 Å². The number of benzene rings is 1. The normalized spacial score (nSPS) is 11.9. The maximum absolute atomic E-state index is 12.7. The molecule has 1 aromatic rings. The third-order valence-electron chi connectivity index (χ3n) is 2.12. The Morgan fingerprint density at radius 3 is 2.20 bits per heavy atom. The molecule has 0 atom stereocenters. The molecule has 0 saturated carbocycles. The van der Waals surface area contributed by atoms with E-state index in [2.05, 4.69) is 9.47 Å². The minimum absolute atomic E-state index is 0. The van der Waals surface area contributed by atoms with E-state index in [0.29, 0.717) is 5.56 Å². The van der Waals surface area contributed by atoms with Crippen LogP contribution in [-0.4, -0.2) is 26.6 Å². The minimum Gasteiger partial charge on any atom is -0.494 e. The molecule has 0 saturated heterocycles. The first-order valence-corrected chi connectivity index (χ1v) is 5.23. The molecule has 1 aromatic carbocycles. The first-order valence-electron chi connectivity index (χ1n) is 5.23. The number of ether oxygens (including phenoxy) is 2. The van der Waals surface area contributed by atoms with Crippen molar-refractivity contribution in [3.63, 3.8) is 0 Å². The SMILES string of the molecule is Cc1ccc(OCCOC(F)(F)F)c([B-](F)(F)F)c1.[K+]. The number of hydrogen-bond acceptors (Lipinski definition) is 2. The van der Waals surface area contributed by atoms with Gasteiger partial charge in [0.1, 0.15) is 6.61 Å². The molecule has 0 aliphatic carbocycles. The van der Waals surface area contributed by atoms with Gasteiger partial charge in [0.2, 0.25) is 0 Å². The Morgan fingerprint density at radius 2 is 1.70 bits per heavy atom. The van der Waals surface area contributed by atoms with Crippen LogP contribution >= 0.6 is 0 Å². The van der Waals surface area contributed by atoms with E-state index in [4.69, 9.17) is 0 Å². The number of hydrogen-bond donors (Lipinski definition) is 0. The fraction of sp³-hybridized carbons (Fsp3) is 0.400. The number of alkyl halides is 3. The smallest absolute Gasteiger partial charge is 0.494 e. The van der Waals surface area contributed by atoms with E-state index in [1.165, 1.54) is 13.0 Å². The third-order valence-corrected chi connectivity index (χ3v) is 2.12. The predicted octanol–water partition coefficient (Wildman–Crippen LogP) is -0.0314. The summed E-state index contributed by atoms with van der Waals surface area (Å²) in [6.45, 7) is -5.31. The van der Waals surface area contributed by atoms with Gasteiger partial charge in [0.15, 0.2) is 0 Å². The van der Waals surface area contributed by atoms with Gasteiger partial charge < -0.3 is 17.7 Å². The Bertz CT molecular complexity index is 435. The van der Waals surface area contributed by atoms with Crippen LogP contribution in [0.1, 0.15) is 5.56 Å². The third kappa shape index (κ3) is 7.32. The van der Waals surface area contributed by atoms with Crippen LogP contribution in [0.3, 0.4) is 0 Å². The molecule has 1 rings (SSSR count). The van der Waals surface area contributed by atoms with Gasteiger partial charge in [-0.15, -0.1) is 13.2 Å². The van der Waals surface area contributed by atoms with Crippen molar-refractivity contribution in [1.29, 1.82) is 0 Å². The van der Waals surface area contributed by atoms with Crippen LogP contribution in [0.5, 0.6) is 5.75 Å². The van der Waals surface area contributed by atoms with E-state index < -0.39 is 37.8 Å². The van der Waals surface area contributed by atoms with Crippen LogP contribution in [0.15, 0.2) is 18.2 Å². The summed E-state index contributed by atoms with van der Waals surface area (Å²) in [6.07, 6.45) is -4.83. The molecule has 0 unspecified atom stereocenters. The van der Waals surface area contributed by atoms with Gasteiger partial charge >= 0.3 is 64.7 Å². The second-order valence-electron chi connectivity index (χ2n) is 3.76. The molecule has 0 N–H and O–H groups in total. The standard InChI is InChI=1S/C10H10BF6O2.K/c1-7-2-3-9(8(6-7)11(15,16)17)18-4-5-19-10(12,13)14;/h2-3,6H,4-5H2,1H3;/q-1;+1. The van der Waals surface area contributed by atoms with Crippen LogP contribution in [0.25, 0.3) is 0 Å². The van der Waals surface area contributed by atoms with Gasteiger partial charge in [-0.3, -0.25) is 4.74 Å². The van der Waals surface area contributed by atoms with Crippen molar-refractivity contribution in [3.05, 3.63) is 23.8 Å². The van der Waals surface area contributed by atoms with Crippen molar-refractivity contribution in [1.82, 2.24) is 0 Å². The van der Waals surface area contributed by atoms with Crippen LogP contribution in [0.4, 0.5) is 26.1 Å². The van der Waals surface area contributed by atoms with Crippen molar-refractivity contribution in [3.8, 4) is 5.75 Å². The molecule has 10 heteroatoms. The van der Waals surface area contributed by atoms with Crippen LogP contribution in [0, 0.1) is 6.92 Å². The molecular formula is C10H10BF6KO2. The van der Waals surface area contributed by atoms with E-state index >= 15 is 0 Å². The Hall–Kier alpha value is 0.261. The molecule has 0 aliphatic heterocycles. The zero-order chi connectivity index (χ0) is 14.7. The van der Waals surface area contributed by atoms with Gasteiger partial charge in [0, 0.05) is 0 Å². The summed E-state index contributed by atoms with van der Waals surface area (Å²) in [7, 11) is 0. The first kappa shape index (κ1) is 20.3. The zero-order valence-corrected chi connectivity index (χ0v) is 13.9. The van der Waals surface area contributed by atoms with Gasteiger partial charge in [-0.1, -0.05) is 23.2 Å². The molecule has 0 spiro atoms. The molecule has 2 nitrogen and oxygen atoms in total. The number of rotatable bonds is 5. The molecule has 0 radical (unpaired) electrons. The molecule has 20 heavy (non-hydrogen) atoms. The topological polar surface area (TPSA) is 18.5 Å². The molecule has 0 amide bonds. The van der Waals surface area contributed by atoms with Gasteiger partial charge in [0.05, 0.1) is 12.4 Å². The van der Waals surface area contributed by atoms with Crippen molar-refractivity contribution in [2.75, 3.05) is 13.2 Å². The average molecular weight is 326 g/mol. The van der Waals surface area contributed by atoms with Crippen LogP contribution in [0.2, 0.25) is 0 Å². The fourth-order valence-corrected chi connectivity index (χ4v) is 1.36. The van der Waals surface area contributed by atoms with Gasteiger partial charge in [-0.25, -0.2) is 0 Å². The summed E-state index contributed by atoms with van der Waals surface area (Å²) in [5, 5.41) is 0. The summed E-state index contributed by atoms with van der Waals surface area (Å²) < 4.78 is 81.1. The molecule has 0 bridgehead atoms. The maximum Gasteiger partial charge on any atom is 1.00 e. The van der Waals surface area contributed by atoms with Crippen LogP contribution in [-0.2, 0) is 4.74 Å². The first-order chi connectivity index (χ1) is 8.59. The molecular weight excluding hydrogens is 316 g/mol. The molecule has 108 valence electrons. The summed E-state index contributed by atoms with van der Waals surface area (Å²) in [5.74, 6) is -0.496. The molecule has 0 fully saturated rings. The summed E-state index contributed by atoms with van der Waals surface area (Å²) >= 11 is 0. The second-order valence-corrected chi connectivity index (χ2v) is 3.76. The predicted molar refractivity (Wildman–Crippen MR) is 57.4 cm³/mol. The second kappa shape index (κ2) is 8.04. The fourth-order valence-electron chi connectivity index (χ4n) is 1.36. The van der Waals surface area contributed by atoms with Crippen LogP contribution < -0.4 is 61.6 Å². The van der Waals surface area contributed by atoms with Crippen molar-refractivity contribution in [2.45, 2.75) is 13.3 Å². The maximum atomic E-state index is 12.7. The average Bonchev–Trinajstić information content (AvgIpc) is 2.23. The molecule has 0 aromatic heterocycles. The number of aryl methyl sites for hydroxylation is 1. The van der Waals surface area contributed by atoms with Gasteiger partial charge in [-0.05, 0) is 13.0 Å². The Morgan fingerprint density at radius 1 is 1.10 bits per heavy atom. The van der Waals surface area contributed by atoms with E-state index in [-0.39, 0.29) is 51.4 Å². The number of halogens is 6. The van der Waals surface area contributed by atoms with E-state index in [9.17, 15) is 26.1 Å². The van der Waals surface area contributed by atoms with E-state index in [1.807, 2.05) is 0 Å². The molecule has 0 aliphatic rings. The monoisotopic (exact) mass is 326 g/mol. The van der Waals surface area contributed by atoms with E-state index in [1.54, 1.807) is 0 Å². The Balaban J connectivity index is 0.00000361. The van der Waals surface area contributed by atoms with Gasteiger partial charge in [-0.2, -0.15) is 0 Å². The summed E-state index contributed by atoms with van der Waals surface area (Å²) in [5.41, 5.74) is -0.583. The summed E-state index contributed by atoms with van der Waals surface area (Å²) in [6, 6.07) is 3.35. The van der Waals surface area contributed by atoms with Crippen molar-refractivity contribution >= 4 is 12.4 Å². The zero-order valence-electron chi connectivity index (χ0n) is 10.8. The van der Waals surface area contributed by atoms with Gasteiger partial charge in [0.25, 0.3) is 0 Å². The summed E-state index contributed by atoms with van der Waals surface area (Å²) in [4.78, 5) is 0. The van der Waals surface area contributed by atoms with Crippen molar-refractivity contribution < 1.29 is 87.0 Å². The molecule has 0 heterocycles. The minimum atomic E-state index is -5.29. The largest absolute Gasteiger partial charge is 1.00 e. The Kier molecular flexibility index (Phi) is 8.15.